The molecule has 1 atom stereocenters. The molecule has 72 valence electrons. The van der Waals surface area contributed by atoms with Gasteiger partial charge in [-0.25, -0.2) is 0 Å². The fraction of sp³-hybridized carbons (Fsp3) is 0.538. The van der Waals surface area contributed by atoms with Gasteiger partial charge in [-0.1, -0.05) is 45.0 Å². The monoisotopic (exact) mass is 176 g/mol. The molecule has 0 aromatic heterocycles. The summed E-state index contributed by atoms with van der Waals surface area (Å²) >= 11 is 0. The lowest BCUT2D eigenvalue weighted by molar-refractivity contribution is 0.417. The maximum absolute atomic E-state index is 2.33. The molecule has 0 aliphatic carbocycles. The van der Waals surface area contributed by atoms with Crippen molar-refractivity contribution in [1.82, 2.24) is 0 Å². The first-order valence-corrected chi connectivity index (χ1v) is 5.15. The molecule has 0 saturated heterocycles. The fourth-order valence-corrected chi connectivity index (χ4v) is 1.42. The lowest BCUT2D eigenvalue weighted by atomic mass is 9.89. The summed E-state index contributed by atoms with van der Waals surface area (Å²) in [5, 5.41) is 0. The van der Waals surface area contributed by atoms with E-state index >= 15 is 0 Å². The number of hydrogen-bond acceptors (Lipinski definition) is 0. The SMILES string of the molecule is Cc1ccccc1CC(C)C(C)C. The predicted molar refractivity (Wildman–Crippen MR) is 58.9 cm³/mol. The van der Waals surface area contributed by atoms with Gasteiger partial charge in [-0.2, -0.15) is 0 Å². The van der Waals surface area contributed by atoms with Gasteiger partial charge < -0.3 is 0 Å². The van der Waals surface area contributed by atoms with Crippen LogP contribution < -0.4 is 0 Å². The summed E-state index contributed by atoms with van der Waals surface area (Å²) in [6.07, 6.45) is 1.21. The van der Waals surface area contributed by atoms with Crippen molar-refractivity contribution in [3.8, 4) is 0 Å². The Morgan fingerprint density at radius 1 is 1.08 bits per heavy atom. The van der Waals surface area contributed by atoms with E-state index < -0.39 is 0 Å². The Bertz CT molecular complexity index is 260. The van der Waals surface area contributed by atoms with E-state index in [2.05, 4.69) is 52.0 Å². The fourth-order valence-electron chi connectivity index (χ4n) is 1.42. The van der Waals surface area contributed by atoms with E-state index in [1.807, 2.05) is 0 Å². The Morgan fingerprint density at radius 3 is 2.23 bits per heavy atom. The van der Waals surface area contributed by atoms with E-state index in [9.17, 15) is 0 Å². The van der Waals surface area contributed by atoms with E-state index in [0.717, 1.165) is 11.8 Å². The molecule has 0 nitrogen and oxygen atoms in total. The van der Waals surface area contributed by atoms with Crippen LogP contribution in [-0.4, -0.2) is 0 Å². The van der Waals surface area contributed by atoms with Crippen LogP contribution in [0.1, 0.15) is 31.9 Å². The molecule has 0 saturated carbocycles. The van der Waals surface area contributed by atoms with Crippen molar-refractivity contribution in [3.05, 3.63) is 35.4 Å². The molecule has 0 aliphatic heterocycles. The Balaban J connectivity index is 2.69. The zero-order chi connectivity index (χ0) is 9.84. The van der Waals surface area contributed by atoms with Crippen LogP contribution in [0.2, 0.25) is 0 Å². The molecular weight excluding hydrogens is 156 g/mol. The molecule has 13 heavy (non-hydrogen) atoms. The van der Waals surface area contributed by atoms with Crippen LogP contribution in [0, 0.1) is 18.8 Å². The van der Waals surface area contributed by atoms with Crippen molar-refractivity contribution in [1.29, 1.82) is 0 Å². The molecule has 0 N–H and O–H groups in total. The second kappa shape index (κ2) is 4.45. The van der Waals surface area contributed by atoms with E-state index in [1.165, 1.54) is 17.5 Å². The Kier molecular flexibility index (Phi) is 3.53. The highest BCUT2D eigenvalue weighted by molar-refractivity contribution is 5.25. The summed E-state index contributed by atoms with van der Waals surface area (Å²) in [4.78, 5) is 0. The van der Waals surface area contributed by atoms with Gasteiger partial charge in [0.2, 0.25) is 0 Å². The van der Waals surface area contributed by atoms with E-state index in [1.54, 1.807) is 0 Å². The van der Waals surface area contributed by atoms with Gasteiger partial charge in [0, 0.05) is 0 Å². The van der Waals surface area contributed by atoms with Crippen molar-refractivity contribution in [2.24, 2.45) is 11.8 Å². The number of benzene rings is 1. The van der Waals surface area contributed by atoms with Gasteiger partial charge in [-0.15, -0.1) is 0 Å². The largest absolute Gasteiger partial charge is 0.0625 e. The quantitative estimate of drug-likeness (QED) is 0.656. The second-order valence-corrected chi connectivity index (χ2v) is 4.35. The van der Waals surface area contributed by atoms with Gasteiger partial charge in [0.25, 0.3) is 0 Å². The van der Waals surface area contributed by atoms with Crippen LogP contribution in [0.4, 0.5) is 0 Å². The average molecular weight is 176 g/mol. The molecule has 1 rings (SSSR count). The lowest BCUT2D eigenvalue weighted by Crippen LogP contribution is -2.08. The van der Waals surface area contributed by atoms with Crippen molar-refractivity contribution in [2.45, 2.75) is 34.1 Å². The standard InChI is InChI=1S/C13H20/c1-10(2)12(4)9-13-8-6-5-7-11(13)3/h5-8,10,12H,9H2,1-4H3. The Morgan fingerprint density at radius 2 is 1.69 bits per heavy atom. The highest BCUT2D eigenvalue weighted by Crippen LogP contribution is 2.18. The summed E-state index contributed by atoms with van der Waals surface area (Å²) in [6, 6.07) is 8.69. The normalized spacial score (nSPS) is 13.3. The molecular formula is C13H20. The molecule has 0 radical (unpaired) electrons. The third-order valence-corrected chi connectivity index (χ3v) is 2.94. The minimum Gasteiger partial charge on any atom is -0.0625 e. The van der Waals surface area contributed by atoms with Crippen LogP contribution in [0.5, 0.6) is 0 Å². The van der Waals surface area contributed by atoms with Crippen molar-refractivity contribution in [3.63, 3.8) is 0 Å². The van der Waals surface area contributed by atoms with E-state index in [-0.39, 0.29) is 0 Å². The highest BCUT2D eigenvalue weighted by Gasteiger charge is 2.08. The molecule has 0 aliphatic rings. The lowest BCUT2D eigenvalue weighted by Gasteiger charge is -2.16. The van der Waals surface area contributed by atoms with Crippen LogP contribution in [0.15, 0.2) is 24.3 Å². The maximum Gasteiger partial charge on any atom is -0.0248 e. The number of hydrogen-bond donors (Lipinski definition) is 0. The second-order valence-electron chi connectivity index (χ2n) is 4.35. The van der Waals surface area contributed by atoms with Gasteiger partial charge in [0.05, 0.1) is 0 Å². The first-order valence-electron chi connectivity index (χ1n) is 5.15. The molecule has 0 spiro atoms. The summed E-state index contributed by atoms with van der Waals surface area (Å²) in [7, 11) is 0. The highest BCUT2D eigenvalue weighted by atomic mass is 14.1. The Labute approximate surface area is 82.0 Å². The molecule has 0 fully saturated rings. The van der Waals surface area contributed by atoms with Crippen LogP contribution in [0.3, 0.4) is 0 Å². The molecule has 1 aromatic carbocycles. The van der Waals surface area contributed by atoms with Crippen molar-refractivity contribution >= 4 is 0 Å². The minimum absolute atomic E-state index is 0.777. The molecule has 1 aromatic rings. The topological polar surface area (TPSA) is 0 Å². The van der Waals surface area contributed by atoms with E-state index in [4.69, 9.17) is 0 Å². The smallest absolute Gasteiger partial charge is 0.0248 e. The summed E-state index contributed by atoms with van der Waals surface area (Å²) in [5.41, 5.74) is 2.93. The molecule has 0 bridgehead atoms. The number of rotatable bonds is 3. The van der Waals surface area contributed by atoms with Gasteiger partial charge in [0.1, 0.15) is 0 Å². The van der Waals surface area contributed by atoms with Gasteiger partial charge in [-0.3, -0.25) is 0 Å². The van der Waals surface area contributed by atoms with Crippen LogP contribution >= 0.6 is 0 Å². The molecule has 0 heterocycles. The predicted octanol–water partition coefficient (Wildman–Crippen LogP) is 3.83. The van der Waals surface area contributed by atoms with Gasteiger partial charge in [-0.05, 0) is 36.3 Å². The van der Waals surface area contributed by atoms with Crippen molar-refractivity contribution < 1.29 is 0 Å². The first kappa shape index (κ1) is 10.3. The Hall–Kier alpha value is -0.780. The first-order chi connectivity index (χ1) is 6.11. The van der Waals surface area contributed by atoms with Gasteiger partial charge in [0.15, 0.2) is 0 Å². The summed E-state index contributed by atoms with van der Waals surface area (Å²) < 4.78 is 0. The van der Waals surface area contributed by atoms with Crippen molar-refractivity contribution in [2.75, 3.05) is 0 Å². The zero-order valence-electron chi connectivity index (χ0n) is 9.17. The molecule has 1 unspecified atom stereocenters. The van der Waals surface area contributed by atoms with Crippen LogP contribution in [-0.2, 0) is 6.42 Å². The average Bonchev–Trinajstić information content (AvgIpc) is 2.08. The molecule has 0 heteroatoms. The summed E-state index contributed by atoms with van der Waals surface area (Å²) in [5.74, 6) is 1.56. The summed E-state index contributed by atoms with van der Waals surface area (Å²) in [6.45, 7) is 9.12. The zero-order valence-corrected chi connectivity index (χ0v) is 9.17. The number of aryl methyl sites for hydroxylation is 1. The van der Waals surface area contributed by atoms with Crippen LogP contribution in [0.25, 0.3) is 0 Å². The maximum atomic E-state index is 2.33. The van der Waals surface area contributed by atoms with Gasteiger partial charge >= 0.3 is 0 Å². The van der Waals surface area contributed by atoms with E-state index in [0.29, 0.717) is 0 Å². The molecule has 0 amide bonds. The third-order valence-electron chi connectivity index (χ3n) is 2.94. The third kappa shape index (κ3) is 2.87. The minimum atomic E-state index is 0.777.